The van der Waals surface area contributed by atoms with Crippen molar-refractivity contribution in [2.24, 2.45) is 5.73 Å². The standard InChI is InChI=1S/C11H15NO3/c1-3-15-9-6-4-5-8(7-9)10(12)11(13)14-2/h4-7,10H,3,12H2,1-2H3/t10-/m1/s1. The van der Waals surface area contributed by atoms with E-state index in [1.165, 1.54) is 7.11 Å². The van der Waals surface area contributed by atoms with Crippen LogP contribution in [0.3, 0.4) is 0 Å². The van der Waals surface area contributed by atoms with Crippen LogP contribution in [0.2, 0.25) is 0 Å². The predicted octanol–water partition coefficient (Wildman–Crippen LogP) is 1.26. The van der Waals surface area contributed by atoms with Crippen LogP contribution < -0.4 is 10.5 Å². The third-order valence-corrected chi connectivity index (χ3v) is 1.98. The van der Waals surface area contributed by atoms with Gasteiger partial charge in [-0.1, -0.05) is 12.1 Å². The van der Waals surface area contributed by atoms with E-state index < -0.39 is 12.0 Å². The lowest BCUT2D eigenvalue weighted by atomic mass is 10.1. The molecule has 4 heteroatoms. The van der Waals surface area contributed by atoms with Crippen molar-refractivity contribution in [3.05, 3.63) is 29.8 Å². The van der Waals surface area contributed by atoms with Crippen LogP contribution in [0.5, 0.6) is 5.75 Å². The molecule has 82 valence electrons. The Morgan fingerprint density at radius 1 is 1.53 bits per heavy atom. The van der Waals surface area contributed by atoms with Gasteiger partial charge < -0.3 is 15.2 Å². The largest absolute Gasteiger partial charge is 0.494 e. The topological polar surface area (TPSA) is 61.5 Å². The molecule has 0 amide bonds. The van der Waals surface area contributed by atoms with Gasteiger partial charge >= 0.3 is 5.97 Å². The van der Waals surface area contributed by atoms with Crippen molar-refractivity contribution >= 4 is 5.97 Å². The van der Waals surface area contributed by atoms with Crippen molar-refractivity contribution < 1.29 is 14.3 Å². The van der Waals surface area contributed by atoms with Gasteiger partial charge in [-0.15, -0.1) is 0 Å². The molecule has 1 aromatic carbocycles. The van der Waals surface area contributed by atoms with Gasteiger partial charge in [0, 0.05) is 0 Å². The molecule has 2 N–H and O–H groups in total. The molecular weight excluding hydrogens is 194 g/mol. The van der Waals surface area contributed by atoms with Gasteiger partial charge in [-0.25, -0.2) is 0 Å². The fourth-order valence-corrected chi connectivity index (χ4v) is 1.23. The minimum Gasteiger partial charge on any atom is -0.494 e. The van der Waals surface area contributed by atoms with E-state index >= 15 is 0 Å². The van der Waals surface area contributed by atoms with Gasteiger partial charge in [-0.2, -0.15) is 0 Å². The first-order valence-electron chi connectivity index (χ1n) is 4.75. The molecule has 0 aliphatic heterocycles. The molecule has 0 spiro atoms. The van der Waals surface area contributed by atoms with Gasteiger partial charge in [0.1, 0.15) is 11.8 Å². The summed E-state index contributed by atoms with van der Waals surface area (Å²) in [7, 11) is 1.31. The monoisotopic (exact) mass is 209 g/mol. The number of rotatable bonds is 4. The molecule has 0 heterocycles. The summed E-state index contributed by atoms with van der Waals surface area (Å²) in [4.78, 5) is 11.2. The summed E-state index contributed by atoms with van der Waals surface area (Å²) in [6.07, 6.45) is 0. The molecule has 0 radical (unpaired) electrons. The highest BCUT2D eigenvalue weighted by atomic mass is 16.5. The minimum atomic E-state index is -0.754. The number of carbonyl (C=O) groups excluding carboxylic acids is 1. The quantitative estimate of drug-likeness (QED) is 0.758. The van der Waals surface area contributed by atoms with E-state index in [1.54, 1.807) is 18.2 Å². The first-order valence-corrected chi connectivity index (χ1v) is 4.75. The highest BCUT2D eigenvalue weighted by Crippen LogP contribution is 2.18. The van der Waals surface area contributed by atoms with Gasteiger partial charge in [0.25, 0.3) is 0 Å². The van der Waals surface area contributed by atoms with Crippen molar-refractivity contribution in [3.8, 4) is 5.75 Å². The zero-order valence-corrected chi connectivity index (χ0v) is 8.90. The number of benzene rings is 1. The number of carbonyl (C=O) groups is 1. The summed E-state index contributed by atoms with van der Waals surface area (Å²) >= 11 is 0. The molecule has 0 saturated heterocycles. The molecule has 1 aromatic rings. The van der Waals surface area contributed by atoms with Crippen molar-refractivity contribution in [1.29, 1.82) is 0 Å². The molecule has 0 bridgehead atoms. The first kappa shape index (κ1) is 11.5. The van der Waals surface area contributed by atoms with Crippen LogP contribution in [0.15, 0.2) is 24.3 Å². The summed E-state index contributed by atoms with van der Waals surface area (Å²) in [5, 5.41) is 0. The molecule has 0 aliphatic rings. The first-order chi connectivity index (χ1) is 7.19. The number of ether oxygens (including phenoxy) is 2. The summed E-state index contributed by atoms with van der Waals surface area (Å²) in [5.41, 5.74) is 6.37. The maximum Gasteiger partial charge on any atom is 0.327 e. The second kappa shape index (κ2) is 5.36. The normalized spacial score (nSPS) is 11.9. The van der Waals surface area contributed by atoms with Crippen LogP contribution in [-0.2, 0) is 9.53 Å². The number of methoxy groups -OCH3 is 1. The molecule has 1 atom stereocenters. The zero-order valence-electron chi connectivity index (χ0n) is 8.90. The molecule has 0 fully saturated rings. The van der Waals surface area contributed by atoms with Gasteiger partial charge in [0.15, 0.2) is 0 Å². The Labute approximate surface area is 89.0 Å². The second-order valence-corrected chi connectivity index (χ2v) is 3.01. The molecule has 0 aromatic heterocycles. The van der Waals surface area contributed by atoms with Crippen LogP contribution in [0.25, 0.3) is 0 Å². The highest BCUT2D eigenvalue weighted by Gasteiger charge is 2.16. The summed E-state index contributed by atoms with van der Waals surface area (Å²) in [5.74, 6) is 0.248. The van der Waals surface area contributed by atoms with Gasteiger partial charge in [-0.05, 0) is 24.6 Å². The van der Waals surface area contributed by atoms with Crippen LogP contribution in [0.4, 0.5) is 0 Å². The fraction of sp³-hybridized carbons (Fsp3) is 0.364. The van der Waals surface area contributed by atoms with Crippen molar-refractivity contribution in [3.63, 3.8) is 0 Å². The summed E-state index contributed by atoms with van der Waals surface area (Å²) in [6.45, 7) is 2.48. The maximum atomic E-state index is 11.2. The molecule has 0 saturated carbocycles. The lowest BCUT2D eigenvalue weighted by molar-refractivity contribution is -0.142. The molecule has 1 rings (SSSR count). The number of hydrogen-bond donors (Lipinski definition) is 1. The van der Waals surface area contributed by atoms with Crippen molar-refractivity contribution in [2.45, 2.75) is 13.0 Å². The average Bonchev–Trinajstić information content (AvgIpc) is 2.28. The average molecular weight is 209 g/mol. The van der Waals surface area contributed by atoms with E-state index in [0.717, 1.165) is 0 Å². The predicted molar refractivity (Wildman–Crippen MR) is 56.6 cm³/mol. The number of hydrogen-bond acceptors (Lipinski definition) is 4. The van der Waals surface area contributed by atoms with E-state index in [-0.39, 0.29) is 0 Å². The van der Waals surface area contributed by atoms with E-state index in [0.29, 0.717) is 17.9 Å². The molecule has 0 unspecified atom stereocenters. The Morgan fingerprint density at radius 2 is 2.27 bits per heavy atom. The Hall–Kier alpha value is -1.55. The van der Waals surface area contributed by atoms with Crippen molar-refractivity contribution in [2.75, 3.05) is 13.7 Å². The lowest BCUT2D eigenvalue weighted by Crippen LogP contribution is -2.22. The van der Waals surface area contributed by atoms with Crippen LogP contribution >= 0.6 is 0 Å². The van der Waals surface area contributed by atoms with Crippen LogP contribution in [-0.4, -0.2) is 19.7 Å². The number of esters is 1. The lowest BCUT2D eigenvalue weighted by Gasteiger charge is -2.11. The van der Waals surface area contributed by atoms with Gasteiger partial charge in [-0.3, -0.25) is 4.79 Å². The fourth-order valence-electron chi connectivity index (χ4n) is 1.23. The smallest absolute Gasteiger partial charge is 0.327 e. The number of nitrogens with two attached hydrogens (primary N) is 1. The van der Waals surface area contributed by atoms with Crippen molar-refractivity contribution in [1.82, 2.24) is 0 Å². The second-order valence-electron chi connectivity index (χ2n) is 3.01. The van der Waals surface area contributed by atoms with Gasteiger partial charge in [0.2, 0.25) is 0 Å². The highest BCUT2D eigenvalue weighted by molar-refractivity contribution is 5.77. The summed E-state index contributed by atoms with van der Waals surface area (Å²) < 4.78 is 9.86. The third kappa shape index (κ3) is 2.95. The Kier molecular flexibility index (Phi) is 4.12. The minimum absolute atomic E-state index is 0.455. The Bertz CT molecular complexity index is 338. The van der Waals surface area contributed by atoms with E-state index in [2.05, 4.69) is 4.74 Å². The van der Waals surface area contributed by atoms with Crippen LogP contribution in [0.1, 0.15) is 18.5 Å². The molecule has 15 heavy (non-hydrogen) atoms. The molecule has 4 nitrogen and oxygen atoms in total. The van der Waals surface area contributed by atoms with E-state index in [1.807, 2.05) is 13.0 Å². The molecule has 0 aliphatic carbocycles. The Morgan fingerprint density at radius 3 is 2.87 bits per heavy atom. The zero-order chi connectivity index (χ0) is 11.3. The summed E-state index contributed by atoms with van der Waals surface area (Å²) in [6, 6.07) is 6.37. The van der Waals surface area contributed by atoms with Crippen LogP contribution in [0, 0.1) is 0 Å². The van der Waals surface area contributed by atoms with E-state index in [9.17, 15) is 4.79 Å². The maximum absolute atomic E-state index is 11.2. The SMILES string of the molecule is CCOc1cccc([C@@H](N)C(=O)OC)c1. The third-order valence-electron chi connectivity index (χ3n) is 1.98. The van der Waals surface area contributed by atoms with Gasteiger partial charge in [0.05, 0.1) is 13.7 Å². The Balaban J connectivity index is 2.84. The molecular formula is C11H15NO3. The van der Waals surface area contributed by atoms with E-state index in [4.69, 9.17) is 10.5 Å².